The molecule has 1 aromatic heterocycles. The van der Waals surface area contributed by atoms with Gasteiger partial charge in [0.2, 0.25) is 0 Å². The monoisotopic (exact) mass is 498 g/mol. The molecule has 6 aromatic carbocycles. The van der Waals surface area contributed by atoms with E-state index in [2.05, 4.69) is 139 Å². The van der Waals surface area contributed by atoms with Crippen molar-refractivity contribution in [2.45, 2.75) is 13.3 Å². The van der Waals surface area contributed by atoms with E-state index in [4.69, 9.17) is 4.98 Å². The Balaban J connectivity index is 1.20. The summed E-state index contributed by atoms with van der Waals surface area (Å²) in [7, 11) is 0. The number of rotatable bonds is 4. The molecule has 0 saturated carbocycles. The molecule has 0 aliphatic heterocycles. The van der Waals surface area contributed by atoms with Gasteiger partial charge in [-0.2, -0.15) is 0 Å². The minimum absolute atomic E-state index is 0.882. The van der Waals surface area contributed by atoms with E-state index >= 15 is 0 Å². The molecule has 1 aliphatic rings. The van der Waals surface area contributed by atoms with Crippen LogP contribution in [-0.2, 0) is 6.42 Å². The van der Waals surface area contributed by atoms with E-state index in [0.717, 1.165) is 29.0 Å². The van der Waals surface area contributed by atoms with Crippen molar-refractivity contribution in [3.8, 4) is 50.2 Å². The van der Waals surface area contributed by atoms with Gasteiger partial charge in [-0.05, 0) is 79.5 Å². The van der Waals surface area contributed by atoms with Crippen molar-refractivity contribution in [2.75, 3.05) is 0 Å². The third-order valence-electron chi connectivity index (χ3n) is 8.13. The third kappa shape index (κ3) is 3.31. The van der Waals surface area contributed by atoms with E-state index in [-0.39, 0.29) is 0 Å². The lowest BCUT2D eigenvalue weighted by atomic mass is 9.93. The minimum Gasteiger partial charge on any atom is -0.296 e. The summed E-state index contributed by atoms with van der Waals surface area (Å²) in [6.07, 6.45) is 0.882. The fraction of sp³-hybridized carbons (Fsp3) is 0.0541. The smallest absolute Gasteiger partial charge is 0.114 e. The molecule has 184 valence electrons. The van der Waals surface area contributed by atoms with Gasteiger partial charge in [-0.3, -0.25) is 4.57 Å². The van der Waals surface area contributed by atoms with Gasteiger partial charge >= 0.3 is 0 Å². The van der Waals surface area contributed by atoms with Crippen molar-refractivity contribution in [1.82, 2.24) is 9.55 Å². The van der Waals surface area contributed by atoms with Gasteiger partial charge < -0.3 is 0 Å². The highest BCUT2D eigenvalue weighted by atomic mass is 15.1. The molecular weight excluding hydrogens is 472 g/mol. The van der Waals surface area contributed by atoms with Crippen LogP contribution < -0.4 is 0 Å². The molecule has 0 spiro atoms. The first-order valence-electron chi connectivity index (χ1n) is 13.6. The van der Waals surface area contributed by atoms with E-state index in [1.165, 1.54) is 55.3 Å². The van der Waals surface area contributed by atoms with Crippen LogP contribution in [-0.4, -0.2) is 9.55 Å². The number of benzene rings is 6. The largest absolute Gasteiger partial charge is 0.296 e. The molecule has 2 heteroatoms. The summed E-state index contributed by atoms with van der Waals surface area (Å²) in [6.45, 7) is 2.17. The predicted octanol–water partition coefficient (Wildman–Crippen LogP) is 9.72. The summed E-state index contributed by atoms with van der Waals surface area (Å²) in [5.74, 6) is 1.08. The number of imidazole rings is 1. The summed E-state index contributed by atoms with van der Waals surface area (Å²) < 4.78 is 2.29. The molecule has 0 amide bonds. The van der Waals surface area contributed by atoms with Crippen LogP contribution in [0.2, 0.25) is 0 Å². The van der Waals surface area contributed by atoms with Crippen LogP contribution in [0.5, 0.6) is 0 Å². The van der Waals surface area contributed by atoms with Gasteiger partial charge in [0.25, 0.3) is 0 Å². The standard InChI is InChI=1S/C37H26N2/c1-2-36-38-34-15-5-6-16-35(34)39(36)27-10-7-9-26(23-27)24-17-19-25(20-18-24)28-21-22-33-30-12-4-3-11-29(30)32-14-8-13-31(28)37(32)33/h3-23H,2H2,1H3. The second-order valence-electron chi connectivity index (χ2n) is 10.3. The Kier molecular flexibility index (Phi) is 4.83. The van der Waals surface area contributed by atoms with Crippen LogP contribution in [0.3, 0.4) is 0 Å². The molecule has 0 unspecified atom stereocenters. The van der Waals surface area contributed by atoms with Crippen LogP contribution in [0.15, 0.2) is 127 Å². The summed E-state index contributed by atoms with van der Waals surface area (Å²) >= 11 is 0. The van der Waals surface area contributed by atoms with E-state index in [1.54, 1.807) is 0 Å². The number of para-hydroxylation sites is 2. The molecule has 0 N–H and O–H groups in total. The van der Waals surface area contributed by atoms with E-state index in [0.29, 0.717) is 0 Å². The van der Waals surface area contributed by atoms with Gasteiger partial charge in [0.1, 0.15) is 5.82 Å². The van der Waals surface area contributed by atoms with Crippen molar-refractivity contribution < 1.29 is 0 Å². The van der Waals surface area contributed by atoms with Crippen LogP contribution in [0.25, 0.3) is 72.0 Å². The Bertz CT molecular complexity index is 2010. The number of aryl methyl sites for hydroxylation is 1. The third-order valence-corrected chi connectivity index (χ3v) is 8.13. The Morgan fingerprint density at radius 3 is 2.03 bits per heavy atom. The fourth-order valence-electron chi connectivity index (χ4n) is 6.33. The van der Waals surface area contributed by atoms with Crippen molar-refractivity contribution in [1.29, 1.82) is 0 Å². The number of aromatic nitrogens is 2. The zero-order chi connectivity index (χ0) is 25.9. The summed E-state index contributed by atoms with van der Waals surface area (Å²) in [6, 6.07) is 46.2. The zero-order valence-corrected chi connectivity index (χ0v) is 21.7. The maximum Gasteiger partial charge on any atom is 0.114 e. The quantitative estimate of drug-likeness (QED) is 0.236. The van der Waals surface area contributed by atoms with Gasteiger partial charge in [0.15, 0.2) is 0 Å². The van der Waals surface area contributed by atoms with E-state index in [1.807, 2.05) is 0 Å². The number of hydrogen-bond acceptors (Lipinski definition) is 1. The molecule has 1 heterocycles. The van der Waals surface area contributed by atoms with Crippen molar-refractivity contribution in [2.24, 2.45) is 0 Å². The first-order valence-corrected chi connectivity index (χ1v) is 13.6. The Morgan fingerprint density at radius 1 is 0.538 bits per heavy atom. The Morgan fingerprint density at radius 2 is 1.21 bits per heavy atom. The van der Waals surface area contributed by atoms with E-state index in [9.17, 15) is 0 Å². The average molecular weight is 499 g/mol. The zero-order valence-electron chi connectivity index (χ0n) is 21.7. The highest BCUT2D eigenvalue weighted by Gasteiger charge is 2.22. The topological polar surface area (TPSA) is 17.8 Å². The normalized spacial score (nSPS) is 11.8. The second-order valence-corrected chi connectivity index (χ2v) is 10.3. The number of hydrogen-bond donors (Lipinski definition) is 0. The maximum absolute atomic E-state index is 4.87. The van der Waals surface area contributed by atoms with Gasteiger partial charge in [-0.25, -0.2) is 4.98 Å². The molecule has 2 nitrogen and oxygen atoms in total. The maximum atomic E-state index is 4.87. The summed E-state index contributed by atoms with van der Waals surface area (Å²) in [4.78, 5) is 4.87. The first kappa shape index (κ1) is 22.1. The van der Waals surface area contributed by atoms with Crippen molar-refractivity contribution in [3.63, 3.8) is 0 Å². The molecule has 0 atom stereocenters. The van der Waals surface area contributed by atoms with Crippen molar-refractivity contribution >= 4 is 21.8 Å². The molecule has 7 aromatic rings. The van der Waals surface area contributed by atoms with Crippen LogP contribution in [0, 0.1) is 0 Å². The highest BCUT2D eigenvalue weighted by molar-refractivity contribution is 6.18. The highest BCUT2D eigenvalue weighted by Crippen LogP contribution is 2.49. The van der Waals surface area contributed by atoms with Gasteiger partial charge in [0, 0.05) is 12.1 Å². The average Bonchev–Trinajstić information content (AvgIpc) is 3.55. The van der Waals surface area contributed by atoms with Gasteiger partial charge in [-0.15, -0.1) is 0 Å². The molecule has 0 bridgehead atoms. The minimum atomic E-state index is 0.882. The van der Waals surface area contributed by atoms with Crippen LogP contribution in [0.1, 0.15) is 12.7 Å². The molecule has 1 aliphatic carbocycles. The predicted molar refractivity (Wildman–Crippen MR) is 163 cm³/mol. The molecule has 0 saturated heterocycles. The lowest BCUT2D eigenvalue weighted by Gasteiger charge is -2.12. The van der Waals surface area contributed by atoms with Gasteiger partial charge in [0.05, 0.1) is 11.0 Å². The second kappa shape index (κ2) is 8.54. The molecule has 0 fully saturated rings. The Labute approximate surface area is 227 Å². The van der Waals surface area contributed by atoms with Crippen LogP contribution >= 0.6 is 0 Å². The van der Waals surface area contributed by atoms with Gasteiger partial charge in [-0.1, -0.05) is 110 Å². The number of nitrogens with zero attached hydrogens (tertiary/aromatic N) is 2. The summed E-state index contributed by atoms with van der Waals surface area (Å²) in [5, 5.41) is 2.68. The summed E-state index contributed by atoms with van der Waals surface area (Å²) in [5.41, 5.74) is 13.6. The van der Waals surface area contributed by atoms with Crippen molar-refractivity contribution in [3.05, 3.63) is 133 Å². The van der Waals surface area contributed by atoms with Crippen LogP contribution in [0.4, 0.5) is 0 Å². The Hall–Kier alpha value is -4.95. The lowest BCUT2D eigenvalue weighted by Crippen LogP contribution is -2.00. The SMILES string of the molecule is CCc1nc2ccccc2n1-c1cccc(-c2ccc(-c3ccc4c5c(cccc35)-c3ccccc3-4)cc2)c1. The first-order chi connectivity index (χ1) is 19.3. The molecular formula is C37H26N2. The fourth-order valence-corrected chi connectivity index (χ4v) is 6.33. The molecule has 8 rings (SSSR count). The molecule has 0 radical (unpaired) electrons. The number of fused-ring (bicyclic) bond motifs is 4. The van der Waals surface area contributed by atoms with E-state index < -0.39 is 0 Å². The molecule has 39 heavy (non-hydrogen) atoms. The lowest BCUT2D eigenvalue weighted by molar-refractivity contribution is 0.908.